The maximum absolute atomic E-state index is 12.2. The lowest BCUT2D eigenvalue weighted by Crippen LogP contribution is -2.41. The van der Waals surface area contributed by atoms with Gasteiger partial charge >= 0.3 is 0 Å². The summed E-state index contributed by atoms with van der Waals surface area (Å²) in [6, 6.07) is 14.6. The number of carbonyl (C=O) groups is 2. The topological polar surface area (TPSA) is 77.1 Å². The first-order valence-corrected chi connectivity index (χ1v) is 8.94. The Morgan fingerprint density at radius 1 is 0.893 bits per heavy atom. The van der Waals surface area contributed by atoms with Crippen molar-refractivity contribution in [2.45, 2.75) is 13.5 Å². The molecule has 28 heavy (non-hydrogen) atoms. The van der Waals surface area contributed by atoms with Crippen LogP contribution >= 0.6 is 0 Å². The fraction of sp³-hybridized carbons (Fsp3) is 0.333. The summed E-state index contributed by atoms with van der Waals surface area (Å²) in [7, 11) is 3.20. The molecule has 7 nitrogen and oxygen atoms in total. The van der Waals surface area contributed by atoms with Crippen LogP contribution in [-0.2, 0) is 16.1 Å². The average molecular weight is 386 g/mol. The van der Waals surface area contributed by atoms with E-state index in [0.717, 1.165) is 17.1 Å². The summed E-state index contributed by atoms with van der Waals surface area (Å²) >= 11 is 0. The highest BCUT2D eigenvalue weighted by Crippen LogP contribution is 2.16. The summed E-state index contributed by atoms with van der Waals surface area (Å²) < 4.78 is 15.8. The molecule has 2 rings (SSSR count). The lowest BCUT2D eigenvalue weighted by Gasteiger charge is -2.20. The predicted molar refractivity (Wildman–Crippen MR) is 106 cm³/mol. The molecule has 0 heterocycles. The largest absolute Gasteiger partial charge is 0.497 e. The van der Waals surface area contributed by atoms with Crippen LogP contribution in [0.5, 0.6) is 17.2 Å². The molecular weight excluding hydrogens is 360 g/mol. The highest BCUT2D eigenvalue weighted by atomic mass is 16.5. The molecule has 0 fully saturated rings. The minimum atomic E-state index is -0.226. The zero-order chi connectivity index (χ0) is 20.4. The predicted octanol–water partition coefficient (Wildman–Crippen LogP) is 2.25. The van der Waals surface area contributed by atoms with Gasteiger partial charge in [0.15, 0.2) is 0 Å². The summed E-state index contributed by atoms with van der Waals surface area (Å²) in [6.07, 6.45) is 0. The number of ether oxygens (including phenoxy) is 3. The molecule has 0 aliphatic heterocycles. The van der Waals surface area contributed by atoms with E-state index >= 15 is 0 Å². The Bertz CT molecular complexity index is 759. The molecule has 2 amide bonds. The van der Waals surface area contributed by atoms with E-state index in [9.17, 15) is 9.59 Å². The highest BCUT2D eigenvalue weighted by Gasteiger charge is 2.13. The van der Waals surface area contributed by atoms with Gasteiger partial charge in [-0.1, -0.05) is 12.1 Å². The Balaban J connectivity index is 1.77. The van der Waals surface area contributed by atoms with E-state index in [4.69, 9.17) is 14.2 Å². The van der Waals surface area contributed by atoms with Crippen molar-refractivity contribution >= 4 is 11.8 Å². The lowest BCUT2D eigenvalue weighted by molar-refractivity contribution is -0.134. The van der Waals surface area contributed by atoms with Crippen LogP contribution in [0.25, 0.3) is 0 Å². The second-order valence-electron chi connectivity index (χ2n) is 6.09. The van der Waals surface area contributed by atoms with Crippen molar-refractivity contribution in [1.29, 1.82) is 0 Å². The number of rotatable bonds is 10. The molecule has 2 aromatic carbocycles. The maximum Gasteiger partial charge on any atom is 0.239 e. The molecule has 150 valence electrons. The van der Waals surface area contributed by atoms with Crippen LogP contribution in [-0.4, -0.2) is 50.6 Å². The van der Waals surface area contributed by atoms with Crippen LogP contribution in [0.15, 0.2) is 48.5 Å². The van der Waals surface area contributed by atoms with Gasteiger partial charge in [-0.2, -0.15) is 0 Å². The van der Waals surface area contributed by atoms with Gasteiger partial charge in [0.05, 0.1) is 27.3 Å². The number of hydrogen-bond donors (Lipinski definition) is 1. The molecule has 0 radical (unpaired) electrons. The normalized spacial score (nSPS) is 10.1. The van der Waals surface area contributed by atoms with E-state index in [2.05, 4.69) is 5.32 Å². The van der Waals surface area contributed by atoms with Gasteiger partial charge in [-0.05, 0) is 42.0 Å². The van der Waals surface area contributed by atoms with Gasteiger partial charge < -0.3 is 24.4 Å². The van der Waals surface area contributed by atoms with Gasteiger partial charge in [-0.15, -0.1) is 0 Å². The van der Waals surface area contributed by atoms with Gasteiger partial charge in [0, 0.05) is 13.5 Å². The second-order valence-corrected chi connectivity index (χ2v) is 6.09. The molecule has 1 N–H and O–H groups in total. The third kappa shape index (κ3) is 6.83. The third-order valence-corrected chi connectivity index (χ3v) is 4.12. The molecule has 0 bridgehead atoms. The molecule has 7 heteroatoms. The van der Waals surface area contributed by atoms with Crippen molar-refractivity contribution in [3.8, 4) is 17.2 Å². The highest BCUT2D eigenvalue weighted by molar-refractivity contribution is 5.83. The standard InChI is InChI=1S/C21H26N2O5/c1-16(24)23(12-13-28-20-10-8-19(27-3)9-11-20)15-21(25)22-14-17-4-6-18(26-2)7-5-17/h4-11H,12-15H2,1-3H3,(H,22,25). The first kappa shape index (κ1) is 21.1. The monoisotopic (exact) mass is 386 g/mol. The van der Waals surface area contributed by atoms with Crippen LogP contribution in [0.3, 0.4) is 0 Å². The Morgan fingerprint density at radius 3 is 1.96 bits per heavy atom. The summed E-state index contributed by atoms with van der Waals surface area (Å²) in [6.45, 7) is 2.41. The van der Waals surface area contributed by atoms with Crippen LogP contribution < -0.4 is 19.5 Å². The number of benzene rings is 2. The molecule has 2 aromatic rings. The van der Waals surface area contributed by atoms with Gasteiger partial charge in [-0.3, -0.25) is 9.59 Å². The average Bonchev–Trinajstić information content (AvgIpc) is 2.72. The van der Waals surface area contributed by atoms with Gasteiger partial charge in [-0.25, -0.2) is 0 Å². The van der Waals surface area contributed by atoms with Gasteiger partial charge in [0.2, 0.25) is 11.8 Å². The third-order valence-electron chi connectivity index (χ3n) is 4.12. The summed E-state index contributed by atoms with van der Waals surface area (Å²) in [4.78, 5) is 25.4. The van der Waals surface area contributed by atoms with Crippen LogP contribution in [0.4, 0.5) is 0 Å². The molecule has 0 aliphatic rings. The Labute approximate surface area is 165 Å². The number of carbonyl (C=O) groups excluding carboxylic acids is 2. The fourth-order valence-corrected chi connectivity index (χ4v) is 2.47. The van der Waals surface area contributed by atoms with Crippen molar-refractivity contribution in [3.05, 3.63) is 54.1 Å². The lowest BCUT2D eigenvalue weighted by atomic mass is 10.2. The minimum Gasteiger partial charge on any atom is -0.497 e. The van der Waals surface area contributed by atoms with Gasteiger partial charge in [0.25, 0.3) is 0 Å². The smallest absolute Gasteiger partial charge is 0.239 e. The summed E-state index contributed by atoms with van der Waals surface area (Å²) in [5, 5.41) is 2.81. The Kier molecular flexibility index (Phi) is 8.14. The number of amides is 2. The van der Waals surface area contributed by atoms with Crippen LogP contribution in [0.1, 0.15) is 12.5 Å². The fourth-order valence-electron chi connectivity index (χ4n) is 2.47. The van der Waals surface area contributed by atoms with E-state index in [0.29, 0.717) is 18.8 Å². The summed E-state index contributed by atoms with van der Waals surface area (Å²) in [5.41, 5.74) is 0.950. The molecule has 0 atom stereocenters. The van der Waals surface area contributed by atoms with E-state index in [1.54, 1.807) is 38.5 Å². The molecule has 0 aliphatic carbocycles. The first-order chi connectivity index (χ1) is 13.5. The number of hydrogen-bond acceptors (Lipinski definition) is 5. The van der Waals surface area contributed by atoms with E-state index in [1.165, 1.54) is 11.8 Å². The molecule has 0 saturated heterocycles. The molecule has 0 saturated carbocycles. The second kappa shape index (κ2) is 10.8. The molecule has 0 unspecified atom stereocenters. The van der Waals surface area contributed by atoms with Crippen molar-refractivity contribution in [2.75, 3.05) is 33.9 Å². The van der Waals surface area contributed by atoms with Crippen molar-refractivity contribution in [2.24, 2.45) is 0 Å². The van der Waals surface area contributed by atoms with E-state index in [-0.39, 0.29) is 25.0 Å². The number of nitrogens with one attached hydrogen (secondary N) is 1. The van der Waals surface area contributed by atoms with Gasteiger partial charge in [0.1, 0.15) is 23.9 Å². The SMILES string of the molecule is COc1ccc(CNC(=O)CN(CCOc2ccc(OC)cc2)C(C)=O)cc1. The number of methoxy groups -OCH3 is 2. The van der Waals surface area contributed by atoms with Crippen molar-refractivity contribution < 1.29 is 23.8 Å². The Hall–Kier alpha value is -3.22. The van der Waals surface area contributed by atoms with Crippen LogP contribution in [0, 0.1) is 0 Å². The zero-order valence-corrected chi connectivity index (χ0v) is 16.4. The van der Waals surface area contributed by atoms with Crippen molar-refractivity contribution in [1.82, 2.24) is 10.2 Å². The van der Waals surface area contributed by atoms with E-state index in [1.807, 2.05) is 24.3 Å². The molecule has 0 spiro atoms. The van der Waals surface area contributed by atoms with E-state index < -0.39 is 0 Å². The number of nitrogens with zero attached hydrogens (tertiary/aromatic N) is 1. The molecule has 0 aromatic heterocycles. The van der Waals surface area contributed by atoms with Crippen molar-refractivity contribution in [3.63, 3.8) is 0 Å². The quantitative estimate of drug-likeness (QED) is 0.678. The molecular formula is C21H26N2O5. The summed E-state index contributed by atoms with van der Waals surface area (Å²) in [5.74, 6) is 1.77. The first-order valence-electron chi connectivity index (χ1n) is 8.94. The minimum absolute atomic E-state index is 0.0164. The zero-order valence-electron chi connectivity index (χ0n) is 16.4. The van der Waals surface area contributed by atoms with Crippen LogP contribution in [0.2, 0.25) is 0 Å². The Morgan fingerprint density at radius 2 is 1.43 bits per heavy atom. The maximum atomic E-state index is 12.2.